The Kier molecular flexibility index (Phi) is 4.10. The Labute approximate surface area is 82.9 Å². The normalized spacial score (nSPS) is 12.1. The molecule has 0 spiro atoms. The second-order valence-corrected chi connectivity index (χ2v) is 3.18. The largest absolute Gasteiger partial charge is 0.326 e. The number of carbonyl (C=O) groups excluding carboxylic acids is 1. The fourth-order valence-corrected chi connectivity index (χ4v) is 1.26. The van der Waals surface area contributed by atoms with Crippen molar-refractivity contribution in [1.29, 1.82) is 0 Å². The van der Waals surface area contributed by atoms with Crippen LogP contribution in [0.2, 0.25) is 0 Å². The molecule has 3 N–H and O–H groups in total. The van der Waals surface area contributed by atoms with Crippen molar-refractivity contribution in [2.24, 2.45) is 5.73 Å². The van der Waals surface area contributed by atoms with E-state index in [4.69, 9.17) is 10.9 Å². The van der Waals surface area contributed by atoms with Gasteiger partial charge < -0.3 is 5.73 Å². The SMILES string of the molecule is N[C@H](Cc1ccccc1)CN(O)C=O. The van der Waals surface area contributed by atoms with E-state index in [-0.39, 0.29) is 12.6 Å². The van der Waals surface area contributed by atoms with Gasteiger partial charge in [-0.15, -0.1) is 0 Å². The average molecular weight is 194 g/mol. The van der Waals surface area contributed by atoms with Gasteiger partial charge in [-0.3, -0.25) is 10.0 Å². The summed E-state index contributed by atoms with van der Waals surface area (Å²) in [6, 6.07) is 9.47. The van der Waals surface area contributed by atoms with Crippen molar-refractivity contribution in [2.45, 2.75) is 12.5 Å². The summed E-state index contributed by atoms with van der Waals surface area (Å²) in [4.78, 5) is 10.1. The number of nitrogens with zero attached hydrogens (tertiary/aromatic N) is 1. The third-order valence-corrected chi connectivity index (χ3v) is 1.88. The Morgan fingerprint density at radius 2 is 2.07 bits per heavy atom. The van der Waals surface area contributed by atoms with Crippen molar-refractivity contribution in [3.05, 3.63) is 35.9 Å². The van der Waals surface area contributed by atoms with Crippen molar-refractivity contribution in [1.82, 2.24) is 5.06 Å². The van der Waals surface area contributed by atoms with E-state index in [9.17, 15) is 4.79 Å². The first-order chi connectivity index (χ1) is 6.72. The van der Waals surface area contributed by atoms with Gasteiger partial charge in [-0.05, 0) is 12.0 Å². The molecule has 0 radical (unpaired) electrons. The van der Waals surface area contributed by atoms with E-state index in [1.807, 2.05) is 30.3 Å². The Balaban J connectivity index is 2.41. The van der Waals surface area contributed by atoms with Crippen molar-refractivity contribution in [2.75, 3.05) is 6.54 Å². The molecule has 0 aliphatic carbocycles. The molecule has 1 atom stereocenters. The van der Waals surface area contributed by atoms with Crippen LogP contribution in [0.5, 0.6) is 0 Å². The van der Waals surface area contributed by atoms with Gasteiger partial charge in [-0.2, -0.15) is 0 Å². The van der Waals surface area contributed by atoms with Gasteiger partial charge in [-0.1, -0.05) is 30.3 Å². The van der Waals surface area contributed by atoms with Gasteiger partial charge in [-0.25, -0.2) is 5.06 Å². The third kappa shape index (κ3) is 3.55. The molecular weight excluding hydrogens is 180 g/mol. The molecule has 0 aliphatic rings. The highest BCUT2D eigenvalue weighted by atomic mass is 16.5. The molecule has 0 aromatic heterocycles. The Morgan fingerprint density at radius 3 is 2.64 bits per heavy atom. The average Bonchev–Trinajstić information content (AvgIpc) is 2.19. The van der Waals surface area contributed by atoms with Crippen LogP contribution in [0.25, 0.3) is 0 Å². The first kappa shape index (κ1) is 10.7. The quantitative estimate of drug-likeness (QED) is 0.405. The molecule has 1 rings (SSSR count). The van der Waals surface area contributed by atoms with E-state index in [1.165, 1.54) is 0 Å². The van der Waals surface area contributed by atoms with Crippen molar-refractivity contribution in [3.63, 3.8) is 0 Å². The van der Waals surface area contributed by atoms with Crippen LogP contribution < -0.4 is 5.73 Å². The van der Waals surface area contributed by atoms with Gasteiger partial charge in [0.1, 0.15) is 0 Å². The van der Waals surface area contributed by atoms with Gasteiger partial charge in [0.25, 0.3) is 0 Å². The molecule has 0 saturated heterocycles. The van der Waals surface area contributed by atoms with Gasteiger partial charge >= 0.3 is 0 Å². The summed E-state index contributed by atoms with van der Waals surface area (Å²) < 4.78 is 0. The fourth-order valence-electron chi connectivity index (χ4n) is 1.26. The van der Waals surface area contributed by atoms with Crippen molar-refractivity contribution >= 4 is 6.41 Å². The molecule has 1 aromatic rings. The summed E-state index contributed by atoms with van der Waals surface area (Å²) in [5, 5.41) is 9.45. The minimum Gasteiger partial charge on any atom is -0.326 e. The van der Waals surface area contributed by atoms with Gasteiger partial charge in [0.05, 0.1) is 6.54 Å². The number of nitrogens with two attached hydrogens (primary N) is 1. The second kappa shape index (κ2) is 5.36. The van der Waals surface area contributed by atoms with Crippen LogP contribution in [-0.2, 0) is 11.2 Å². The lowest BCUT2D eigenvalue weighted by Gasteiger charge is -2.15. The summed E-state index contributed by atoms with van der Waals surface area (Å²) in [5.41, 5.74) is 6.82. The first-order valence-corrected chi connectivity index (χ1v) is 4.42. The molecule has 0 bridgehead atoms. The van der Waals surface area contributed by atoms with Crippen LogP contribution in [0.15, 0.2) is 30.3 Å². The van der Waals surface area contributed by atoms with Gasteiger partial charge in [0, 0.05) is 6.04 Å². The predicted octanol–water partition coefficient (Wildman–Crippen LogP) is 0.404. The zero-order valence-electron chi connectivity index (χ0n) is 7.84. The molecule has 0 aliphatic heterocycles. The zero-order valence-corrected chi connectivity index (χ0v) is 7.84. The maximum atomic E-state index is 10.1. The van der Waals surface area contributed by atoms with Crippen molar-refractivity contribution in [3.8, 4) is 0 Å². The third-order valence-electron chi connectivity index (χ3n) is 1.88. The van der Waals surface area contributed by atoms with E-state index in [2.05, 4.69) is 0 Å². The zero-order chi connectivity index (χ0) is 10.4. The molecule has 14 heavy (non-hydrogen) atoms. The Morgan fingerprint density at radius 1 is 1.43 bits per heavy atom. The van der Waals surface area contributed by atoms with Crippen molar-refractivity contribution < 1.29 is 10.0 Å². The Bertz CT molecular complexity index is 277. The maximum absolute atomic E-state index is 10.1. The lowest BCUT2D eigenvalue weighted by molar-refractivity contribution is -0.150. The molecule has 4 heteroatoms. The predicted molar refractivity (Wildman–Crippen MR) is 52.7 cm³/mol. The lowest BCUT2D eigenvalue weighted by Crippen LogP contribution is -2.36. The van der Waals surface area contributed by atoms with E-state index in [0.29, 0.717) is 17.9 Å². The molecule has 1 amide bonds. The number of amides is 1. The number of hydrogen-bond acceptors (Lipinski definition) is 3. The van der Waals surface area contributed by atoms with E-state index >= 15 is 0 Å². The number of hydrogen-bond donors (Lipinski definition) is 2. The highest BCUT2D eigenvalue weighted by molar-refractivity contribution is 5.44. The summed E-state index contributed by atoms with van der Waals surface area (Å²) >= 11 is 0. The van der Waals surface area contributed by atoms with Gasteiger partial charge in [0.15, 0.2) is 0 Å². The van der Waals surface area contributed by atoms with Crippen LogP contribution in [0, 0.1) is 0 Å². The van der Waals surface area contributed by atoms with E-state index in [0.717, 1.165) is 5.56 Å². The molecule has 0 unspecified atom stereocenters. The standard InChI is InChI=1S/C10H14N2O2/c11-10(7-12(14)8-13)6-9-4-2-1-3-5-9/h1-5,8,10,14H,6-7,11H2/t10-/m1/s1. The molecule has 0 saturated carbocycles. The molecule has 76 valence electrons. The van der Waals surface area contributed by atoms with Crippen LogP contribution in [0.3, 0.4) is 0 Å². The number of rotatable bonds is 5. The van der Waals surface area contributed by atoms with Gasteiger partial charge in [0.2, 0.25) is 6.41 Å². The number of carbonyl (C=O) groups is 1. The van der Waals surface area contributed by atoms with E-state index in [1.54, 1.807) is 0 Å². The fraction of sp³-hybridized carbons (Fsp3) is 0.300. The summed E-state index contributed by atoms with van der Waals surface area (Å²) in [7, 11) is 0. The minimum absolute atomic E-state index is 0.151. The highest BCUT2D eigenvalue weighted by Gasteiger charge is 2.07. The minimum atomic E-state index is -0.243. The van der Waals surface area contributed by atoms with Crippen LogP contribution in [0.4, 0.5) is 0 Å². The first-order valence-electron chi connectivity index (χ1n) is 4.42. The maximum Gasteiger partial charge on any atom is 0.233 e. The monoisotopic (exact) mass is 194 g/mol. The molecule has 4 nitrogen and oxygen atoms in total. The van der Waals surface area contributed by atoms with Crippen LogP contribution in [0.1, 0.15) is 5.56 Å². The summed E-state index contributed by atoms with van der Waals surface area (Å²) in [6.07, 6.45) is 0.997. The second-order valence-electron chi connectivity index (χ2n) is 3.18. The molecule has 0 heterocycles. The van der Waals surface area contributed by atoms with Crippen LogP contribution in [-0.4, -0.2) is 29.3 Å². The number of hydroxylamine groups is 2. The smallest absolute Gasteiger partial charge is 0.233 e. The summed E-state index contributed by atoms with van der Waals surface area (Å²) in [5.74, 6) is 0. The number of benzene rings is 1. The Hall–Kier alpha value is -1.39. The molecule has 0 fully saturated rings. The molecule has 1 aromatic carbocycles. The lowest BCUT2D eigenvalue weighted by atomic mass is 10.1. The topological polar surface area (TPSA) is 66.6 Å². The molecular formula is C10H14N2O2. The summed E-state index contributed by atoms with van der Waals surface area (Å²) in [6.45, 7) is 0.151. The van der Waals surface area contributed by atoms with Crippen LogP contribution >= 0.6 is 0 Å². The highest BCUT2D eigenvalue weighted by Crippen LogP contribution is 2.01. The van der Waals surface area contributed by atoms with E-state index < -0.39 is 0 Å².